The Kier molecular flexibility index (Phi) is 6.46. The number of nitrogens with zero attached hydrogens (tertiary/aromatic N) is 2. The normalized spacial score (nSPS) is 25.7. The van der Waals surface area contributed by atoms with Gasteiger partial charge in [0.05, 0.1) is 18.8 Å². The number of hydrogen-bond acceptors (Lipinski definition) is 4. The second-order valence-corrected chi connectivity index (χ2v) is 7.83. The molecule has 1 aliphatic carbocycles. The molecule has 2 fully saturated rings. The molecule has 0 unspecified atom stereocenters. The Morgan fingerprint density at radius 3 is 2.65 bits per heavy atom. The Labute approximate surface area is 141 Å². The van der Waals surface area contributed by atoms with Crippen LogP contribution in [0.25, 0.3) is 0 Å². The molecular formula is C18H35N3O2. The van der Waals surface area contributed by atoms with Crippen LogP contribution in [0.2, 0.25) is 0 Å². The first kappa shape index (κ1) is 18.7. The van der Waals surface area contributed by atoms with E-state index in [9.17, 15) is 4.79 Å². The summed E-state index contributed by atoms with van der Waals surface area (Å²) in [6.45, 7) is 11.7. The number of nitrogens with one attached hydrogen (secondary N) is 1. The highest BCUT2D eigenvalue weighted by Gasteiger charge is 2.37. The lowest BCUT2D eigenvalue weighted by Crippen LogP contribution is -2.58. The first-order chi connectivity index (χ1) is 10.8. The maximum Gasteiger partial charge on any atom is 0.240 e. The molecule has 0 spiro atoms. The van der Waals surface area contributed by atoms with Crippen LogP contribution in [0.5, 0.6) is 0 Å². The Morgan fingerprint density at radius 2 is 2.04 bits per heavy atom. The van der Waals surface area contributed by atoms with E-state index >= 15 is 0 Å². The second kappa shape index (κ2) is 7.95. The summed E-state index contributed by atoms with van der Waals surface area (Å²) in [5.41, 5.74) is -0.453. The van der Waals surface area contributed by atoms with E-state index in [0.29, 0.717) is 24.7 Å². The largest absolute Gasteiger partial charge is 0.379 e. The molecule has 0 aromatic rings. The summed E-state index contributed by atoms with van der Waals surface area (Å²) in [5.74, 6) is 0.139. The van der Waals surface area contributed by atoms with Crippen molar-refractivity contribution in [3.63, 3.8) is 0 Å². The van der Waals surface area contributed by atoms with Gasteiger partial charge in [-0.2, -0.15) is 0 Å². The number of carbonyl (C=O) groups is 1. The van der Waals surface area contributed by atoms with Crippen molar-refractivity contribution >= 4 is 5.91 Å². The molecule has 2 atom stereocenters. The van der Waals surface area contributed by atoms with Gasteiger partial charge in [0.25, 0.3) is 0 Å². The lowest BCUT2D eigenvalue weighted by molar-refractivity contribution is -0.132. The van der Waals surface area contributed by atoms with E-state index in [4.69, 9.17) is 4.74 Å². The lowest BCUT2D eigenvalue weighted by Gasteiger charge is -2.40. The van der Waals surface area contributed by atoms with Gasteiger partial charge in [0.2, 0.25) is 5.91 Å². The SMILES string of the molecule is C[C@H](CNC(=O)C(C)(C)N(C)C1CCCC1)N1CCOC[C@H]1C. The highest BCUT2D eigenvalue weighted by molar-refractivity contribution is 5.85. The lowest BCUT2D eigenvalue weighted by atomic mass is 9.98. The Morgan fingerprint density at radius 1 is 1.39 bits per heavy atom. The summed E-state index contributed by atoms with van der Waals surface area (Å²) >= 11 is 0. The van der Waals surface area contributed by atoms with Crippen LogP contribution in [-0.2, 0) is 9.53 Å². The number of morpholine rings is 1. The summed E-state index contributed by atoms with van der Waals surface area (Å²) in [5, 5.41) is 3.18. The molecule has 5 nitrogen and oxygen atoms in total. The van der Waals surface area contributed by atoms with Gasteiger partial charge in [-0.25, -0.2) is 0 Å². The molecule has 134 valence electrons. The number of likely N-dealkylation sites (N-methyl/N-ethyl adjacent to an activating group) is 1. The summed E-state index contributed by atoms with van der Waals surface area (Å²) in [6.07, 6.45) is 5.02. The molecule has 2 rings (SSSR count). The third-order valence-corrected chi connectivity index (χ3v) is 5.85. The van der Waals surface area contributed by atoms with Crippen molar-refractivity contribution in [2.75, 3.05) is 33.4 Å². The van der Waals surface area contributed by atoms with Crippen LogP contribution in [0.4, 0.5) is 0 Å². The molecule has 2 aliphatic rings. The summed E-state index contributed by atoms with van der Waals surface area (Å²) in [6, 6.07) is 1.31. The van der Waals surface area contributed by atoms with E-state index in [2.05, 4.69) is 36.0 Å². The van der Waals surface area contributed by atoms with Crippen molar-refractivity contribution < 1.29 is 9.53 Å². The minimum absolute atomic E-state index is 0.139. The van der Waals surface area contributed by atoms with Gasteiger partial charge in [-0.05, 0) is 47.6 Å². The Hall–Kier alpha value is -0.650. The van der Waals surface area contributed by atoms with Gasteiger partial charge in [-0.1, -0.05) is 12.8 Å². The smallest absolute Gasteiger partial charge is 0.240 e. The van der Waals surface area contributed by atoms with Gasteiger partial charge < -0.3 is 10.1 Å². The fourth-order valence-electron chi connectivity index (χ4n) is 3.88. The third kappa shape index (κ3) is 4.46. The average Bonchev–Trinajstić information content (AvgIpc) is 3.06. The van der Waals surface area contributed by atoms with Crippen LogP contribution in [0.15, 0.2) is 0 Å². The zero-order valence-electron chi connectivity index (χ0n) is 15.6. The predicted octanol–water partition coefficient (Wildman–Crippen LogP) is 1.86. The maximum atomic E-state index is 12.7. The maximum absolute atomic E-state index is 12.7. The van der Waals surface area contributed by atoms with Gasteiger partial charge in [0.1, 0.15) is 0 Å². The Balaban J connectivity index is 1.84. The van der Waals surface area contributed by atoms with Crippen molar-refractivity contribution in [1.82, 2.24) is 15.1 Å². The minimum Gasteiger partial charge on any atom is -0.379 e. The van der Waals surface area contributed by atoms with Crippen LogP contribution in [0.1, 0.15) is 53.4 Å². The van der Waals surface area contributed by atoms with Gasteiger partial charge in [0.15, 0.2) is 0 Å². The molecule has 1 aliphatic heterocycles. The van der Waals surface area contributed by atoms with E-state index in [-0.39, 0.29) is 5.91 Å². The first-order valence-corrected chi connectivity index (χ1v) is 9.18. The highest BCUT2D eigenvalue weighted by atomic mass is 16.5. The monoisotopic (exact) mass is 325 g/mol. The van der Waals surface area contributed by atoms with Crippen molar-refractivity contribution in [2.45, 2.75) is 77.0 Å². The summed E-state index contributed by atoms with van der Waals surface area (Å²) in [4.78, 5) is 17.4. The summed E-state index contributed by atoms with van der Waals surface area (Å²) < 4.78 is 5.49. The Bertz CT molecular complexity index is 394. The number of carbonyl (C=O) groups excluding carboxylic acids is 1. The fraction of sp³-hybridized carbons (Fsp3) is 0.944. The van der Waals surface area contributed by atoms with E-state index in [1.165, 1.54) is 25.7 Å². The number of amides is 1. The molecule has 0 radical (unpaired) electrons. The molecule has 0 aromatic carbocycles. The minimum atomic E-state index is -0.453. The molecule has 1 N–H and O–H groups in total. The van der Waals surface area contributed by atoms with Crippen LogP contribution in [-0.4, -0.2) is 72.7 Å². The zero-order chi connectivity index (χ0) is 17.0. The van der Waals surface area contributed by atoms with Crippen molar-refractivity contribution in [2.24, 2.45) is 0 Å². The molecule has 5 heteroatoms. The van der Waals surface area contributed by atoms with Gasteiger partial charge in [0, 0.05) is 31.2 Å². The second-order valence-electron chi connectivity index (χ2n) is 7.83. The molecule has 1 heterocycles. The van der Waals surface area contributed by atoms with Gasteiger partial charge in [-0.3, -0.25) is 14.6 Å². The molecule has 1 amide bonds. The zero-order valence-corrected chi connectivity index (χ0v) is 15.6. The predicted molar refractivity (Wildman–Crippen MR) is 93.6 cm³/mol. The standard InChI is InChI=1S/C18H35N3O2/c1-14(21-10-11-23-13-15(21)2)12-19-17(22)18(3,4)20(5)16-8-6-7-9-16/h14-16H,6-13H2,1-5H3,(H,19,22)/t14-,15-/m1/s1. The molecule has 0 aromatic heterocycles. The van der Waals surface area contributed by atoms with Crippen molar-refractivity contribution in [1.29, 1.82) is 0 Å². The highest BCUT2D eigenvalue weighted by Crippen LogP contribution is 2.27. The molecule has 1 saturated heterocycles. The number of rotatable bonds is 6. The van der Waals surface area contributed by atoms with E-state index in [1.807, 2.05) is 13.8 Å². The number of ether oxygens (including phenoxy) is 1. The molecule has 1 saturated carbocycles. The van der Waals surface area contributed by atoms with E-state index in [0.717, 1.165) is 19.8 Å². The van der Waals surface area contributed by atoms with Crippen molar-refractivity contribution in [3.8, 4) is 0 Å². The van der Waals surface area contributed by atoms with Crippen LogP contribution in [0, 0.1) is 0 Å². The molecular weight excluding hydrogens is 290 g/mol. The summed E-state index contributed by atoms with van der Waals surface area (Å²) in [7, 11) is 2.10. The quantitative estimate of drug-likeness (QED) is 0.810. The molecule has 0 bridgehead atoms. The van der Waals surface area contributed by atoms with Crippen molar-refractivity contribution in [3.05, 3.63) is 0 Å². The molecule has 23 heavy (non-hydrogen) atoms. The van der Waals surface area contributed by atoms with Crippen LogP contribution >= 0.6 is 0 Å². The average molecular weight is 325 g/mol. The number of hydrogen-bond donors (Lipinski definition) is 1. The van der Waals surface area contributed by atoms with Gasteiger partial charge >= 0.3 is 0 Å². The van der Waals surface area contributed by atoms with Crippen LogP contribution < -0.4 is 5.32 Å². The fourth-order valence-corrected chi connectivity index (χ4v) is 3.88. The van der Waals surface area contributed by atoms with E-state index < -0.39 is 5.54 Å². The topological polar surface area (TPSA) is 44.8 Å². The third-order valence-electron chi connectivity index (χ3n) is 5.85. The van der Waals surface area contributed by atoms with E-state index in [1.54, 1.807) is 0 Å². The van der Waals surface area contributed by atoms with Crippen LogP contribution in [0.3, 0.4) is 0 Å². The first-order valence-electron chi connectivity index (χ1n) is 9.18. The van der Waals surface area contributed by atoms with Gasteiger partial charge in [-0.15, -0.1) is 0 Å².